The molecule has 0 radical (unpaired) electrons. The average molecular weight is 265 g/mol. The first kappa shape index (κ1) is 14.1. The molecule has 1 heterocycles. The van der Waals surface area contributed by atoms with E-state index < -0.39 is 5.97 Å². The topological polar surface area (TPSA) is 67.2 Å². The molecule has 0 amide bonds. The highest BCUT2D eigenvalue weighted by Crippen LogP contribution is 2.28. The van der Waals surface area contributed by atoms with Crippen LogP contribution in [-0.4, -0.2) is 33.9 Å². The smallest absolute Gasteiger partial charge is 0.306 e. The summed E-state index contributed by atoms with van der Waals surface area (Å²) < 4.78 is 1.90. The highest BCUT2D eigenvalue weighted by molar-refractivity contribution is 5.69. The Hall–Kier alpha value is -1.36. The lowest BCUT2D eigenvalue weighted by Gasteiger charge is -2.26. The first-order chi connectivity index (χ1) is 9.16. The van der Waals surface area contributed by atoms with Crippen molar-refractivity contribution in [3.8, 4) is 0 Å². The van der Waals surface area contributed by atoms with Crippen molar-refractivity contribution in [1.82, 2.24) is 15.1 Å². The third-order valence-corrected chi connectivity index (χ3v) is 4.11. The number of carboxylic acids is 1. The molecule has 0 aromatic carbocycles. The van der Waals surface area contributed by atoms with Gasteiger partial charge in [0.25, 0.3) is 0 Å². The summed E-state index contributed by atoms with van der Waals surface area (Å²) >= 11 is 0. The lowest BCUT2D eigenvalue weighted by Crippen LogP contribution is -2.30. The molecular formula is C14H23N3O2. The first-order valence-corrected chi connectivity index (χ1v) is 7.07. The summed E-state index contributed by atoms with van der Waals surface area (Å²) in [5, 5.41) is 16.6. The summed E-state index contributed by atoms with van der Waals surface area (Å²) in [5.41, 5.74) is 1.24. The molecule has 1 saturated carbocycles. The van der Waals surface area contributed by atoms with Gasteiger partial charge in [-0.15, -0.1) is 0 Å². The fourth-order valence-electron chi connectivity index (χ4n) is 2.78. The Labute approximate surface area is 114 Å². The molecule has 5 heteroatoms. The van der Waals surface area contributed by atoms with E-state index in [1.54, 1.807) is 0 Å². The fourth-order valence-corrected chi connectivity index (χ4v) is 2.78. The minimum atomic E-state index is -0.623. The van der Waals surface area contributed by atoms with Gasteiger partial charge < -0.3 is 10.4 Å². The van der Waals surface area contributed by atoms with E-state index in [1.807, 2.05) is 24.0 Å². The third-order valence-electron chi connectivity index (χ3n) is 4.11. The number of carbonyl (C=O) groups is 1. The van der Waals surface area contributed by atoms with Gasteiger partial charge in [0.1, 0.15) is 0 Å². The number of aromatic nitrogens is 2. The van der Waals surface area contributed by atoms with Crippen LogP contribution in [-0.2, 0) is 18.3 Å². The van der Waals surface area contributed by atoms with E-state index in [-0.39, 0.29) is 5.92 Å². The highest BCUT2D eigenvalue weighted by Gasteiger charge is 2.25. The predicted molar refractivity (Wildman–Crippen MR) is 72.9 cm³/mol. The van der Waals surface area contributed by atoms with Crippen molar-refractivity contribution in [2.75, 3.05) is 13.1 Å². The number of aliphatic carboxylic acids is 1. The van der Waals surface area contributed by atoms with E-state index in [0.717, 1.165) is 45.2 Å². The van der Waals surface area contributed by atoms with Crippen LogP contribution >= 0.6 is 0 Å². The monoisotopic (exact) mass is 265 g/mol. The van der Waals surface area contributed by atoms with Crippen LogP contribution in [0.15, 0.2) is 12.3 Å². The number of hydrogen-bond donors (Lipinski definition) is 2. The van der Waals surface area contributed by atoms with Crippen molar-refractivity contribution in [2.24, 2.45) is 18.9 Å². The van der Waals surface area contributed by atoms with E-state index in [2.05, 4.69) is 10.4 Å². The van der Waals surface area contributed by atoms with E-state index in [9.17, 15) is 4.79 Å². The zero-order chi connectivity index (χ0) is 13.7. The molecule has 0 saturated heterocycles. The van der Waals surface area contributed by atoms with Gasteiger partial charge in [0.2, 0.25) is 0 Å². The highest BCUT2D eigenvalue weighted by atomic mass is 16.4. The number of carboxylic acid groups (broad SMARTS) is 1. The Kier molecular flexibility index (Phi) is 4.96. The summed E-state index contributed by atoms with van der Waals surface area (Å²) in [4.78, 5) is 10.9. The van der Waals surface area contributed by atoms with Gasteiger partial charge >= 0.3 is 5.97 Å². The first-order valence-electron chi connectivity index (χ1n) is 7.07. The molecule has 2 N–H and O–H groups in total. The number of rotatable bonds is 6. The second-order valence-corrected chi connectivity index (χ2v) is 5.46. The maximum atomic E-state index is 10.9. The van der Waals surface area contributed by atoms with Crippen LogP contribution in [0.2, 0.25) is 0 Å². The lowest BCUT2D eigenvalue weighted by atomic mass is 9.82. The summed E-state index contributed by atoms with van der Waals surface area (Å²) in [7, 11) is 1.96. The molecule has 1 aliphatic rings. The van der Waals surface area contributed by atoms with Gasteiger partial charge in [-0.1, -0.05) is 0 Å². The molecule has 1 aromatic rings. The van der Waals surface area contributed by atoms with Crippen LogP contribution < -0.4 is 5.32 Å². The van der Waals surface area contributed by atoms with Crippen molar-refractivity contribution < 1.29 is 9.90 Å². The minimum Gasteiger partial charge on any atom is -0.481 e. The van der Waals surface area contributed by atoms with E-state index in [1.165, 1.54) is 5.69 Å². The molecule has 0 bridgehead atoms. The number of hydrogen-bond acceptors (Lipinski definition) is 3. The molecule has 1 aliphatic carbocycles. The molecule has 0 unspecified atom stereocenters. The van der Waals surface area contributed by atoms with Crippen molar-refractivity contribution in [3.05, 3.63) is 18.0 Å². The Balaban J connectivity index is 1.60. The predicted octanol–water partition coefficient (Wildman–Crippen LogP) is 1.44. The lowest BCUT2D eigenvalue weighted by molar-refractivity contribution is -0.143. The van der Waals surface area contributed by atoms with E-state index in [4.69, 9.17) is 5.11 Å². The Bertz CT molecular complexity index is 409. The fraction of sp³-hybridized carbons (Fsp3) is 0.714. The number of aryl methyl sites for hydroxylation is 1. The van der Waals surface area contributed by atoms with Gasteiger partial charge in [-0.05, 0) is 44.2 Å². The molecule has 106 valence electrons. The minimum absolute atomic E-state index is 0.106. The van der Waals surface area contributed by atoms with Gasteiger partial charge in [-0.3, -0.25) is 9.48 Å². The van der Waals surface area contributed by atoms with Crippen molar-refractivity contribution in [2.45, 2.75) is 32.1 Å². The Morgan fingerprint density at radius 2 is 2.21 bits per heavy atom. The molecule has 0 atom stereocenters. The van der Waals surface area contributed by atoms with Crippen LogP contribution in [0.3, 0.4) is 0 Å². The summed E-state index contributed by atoms with van der Waals surface area (Å²) in [6, 6.07) is 2.04. The second-order valence-electron chi connectivity index (χ2n) is 5.46. The second kappa shape index (κ2) is 6.70. The Morgan fingerprint density at radius 1 is 1.47 bits per heavy atom. The maximum Gasteiger partial charge on any atom is 0.306 e. The summed E-state index contributed by atoms with van der Waals surface area (Å²) in [6.45, 7) is 1.96. The van der Waals surface area contributed by atoms with Crippen molar-refractivity contribution in [3.63, 3.8) is 0 Å². The molecule has 0 aliphatic heterocycles. The van der Waals surface area contributed by atoms with Crippen LogP contribution in [0.1, 0.15) is 31.4 Å². The quantitative estimate of drug-likeness (QED) is 0.764. The zero-order valence-corrected chi connectivity index (χ0v) is 11.5. The van der Waals surface area contributed by atoms with Gasteiger partial charge in [-0.2, -0.15) is 5.10 Å². The number of nitrogens with one attached hydrogen (secondary N) is 1. The molecule has 19 heavy (non-hydrogen) atoms. The van der Waals surface area contributed by atoms with Crippen LogP contribution in [0.25, 0.3) is 0 Å². The molecule has 0 spiro atoms. The molecular weight excluding hydrogens is 242 g/mol. The molecule has 1 aromatic heterocycles. The molecule has 1 fully saturated rings. The van der Waals surface area contributed by atoms with Crippen molar-refractivity contribution in [1.29, 1.82) is 0 Å². The van der Waals surface area contributed by atoms with Gasteiger partial charge in [0, 0.05) is 31.9 Å². The Morgan fingerprint density at radius 3 is 2.79 bits per heavy atom. The third kappa shape index (κ3) is 4.06. The van der Waals surface area contributed by atoms with E-state index >= 15 is 0 Å². The molecule has 2 rings (SSSR count). The van der Waals surface area contributed by atoms with Crippen LogP contribution in [0.4, 0.5) is 0 Å². The normalized spacial score (nSPS) is 23.4. The number of nitrogens with zero attached hydrogens (tertiary/aromatic N) is 2. The summed E-state index contributed by atoms with van der Waals surface area (Å²) in [6.07, 6.45) is 6.56. The SMILES string of the molecule is Cn1nccc1CCNCC1CCC(C(=O)O)CC1. The standard InChI is InChI=1S/C14H23N3O2/c1-17-13(7-9-16-17)6-8-15-10-11-2-4-12(5-3-11)14(18)19/h7,9,11-12,15H,2-6,8,10H2,1H3,(H,18,19). The molecule has 5 nitrogen and oxygen atoms in total. The van der Waals surface area contributed by atoms with E-state index in [0.29, 0.717) is 5.92 Å². The largest absolute Gasteiger partial charge is 0.481 e. The van der Waals surface area contributed by atoms with Crippen LogP contribution in [0.5, 0.6) is 0 Å². The average Bonchev–Trinajstić information content (AvgIpc) is 2.81. The summed E-state index contributed by atoms with van der Waals surface area (Å²) in [5.74, 6) is -0.0875. The van der Waals surface area contributed by atoms with Gasteiger partial charge in [0.05, 0.1) is 5.92 Å². The van der Waals surface area contributed by atoms with Crippen LogP contribution in [0, 0.1) is 11.8 Å². The van der Waals surface area contributed by atoms with Gasteiger partial charge in [-0.25, -0.2) is 0 Å². The zero-order valence-electron chi connectivity index (χ0n) is 11.5. The maximum absolute atomic E-state index is 10.9. The van der Waals surface area contributed by atoms with Gasteiger partial charge in [0.15, 0.2) is 0 Å². The van der Waals surface area contributed by atoms with Crippen molar-refractivity contribution >= 4 is 5.97 Å².